The van der Waals surface area contributed by atoms with E-state index in [1.165, 1.54) is 22.3 Å². The summed E-state index contributed by atoms with van der Waals surface area (Å²) in [7, 11) is 0. The second-order valence-corrected chi connectivity index (χ2v) is 5.86. The zero-order valence-electron chi connectivity index (χ0n) is 14.8. The highest BCUT2D eigenvalue weighted by molar-refractivity contribution is 6.00. The quantitative estimate of drug-likeness (QED) is 0.733. The second kappa shape index (κ2) is 7.79. The van der Waals surface area contributed by atoms with E-state index in [1.54, 1.807) is 6.20 Å². The molecule has 0 aliphatic carbocycles. The number of rotatable bonds is 5. The van der Waals surface area contributed by atoms with Crippen molar-refractivity contribution in [2.45, 2.75) is 48.1 Å². The fourth-order valence-electron chi connectivity index (χ4n) is 2.17. The first-order valence-electron chi connectivity index (χ1n) is 7.63. The Balaban J connectivity index is 3.46. The van der Waals surface area contributed by atoms with Crippen molar-refractivity contribution in [1.82, 2.24) is 4.57 Å². The van der Waals surface area contributed by atoms with Gasteiger partial charge in [0.15, 0.2) is 0 Å². The average molecular weight is 296 g/mol. The molecule has 1 aromatic heterocycles. The summed E-state index contributed by atoms with van der Waals surface area (Å²) in [6.45, 7) is 21.3. The molecule has 2 nitrogen and oxygen atoms in total. The molecule has 118 valence electrons. The standard InChI is InChI=1S/C20H28N2/c1-9-15(5)11-20-18(8)16(6)12-22(20)13-19(21-10-2)17(7)14(3)4/h9-12H,2,8,13H2,1,3-7H3/b15-9-,20-11+,21-19-. The number of hydrogen-bond acceptors (Lipinski definition) is 1. The summed E-state index contributed by atoms with van der Waals surface area (Å²) < 4.78 is 2.22. The van der Waals surface area contributed by atoms with E-state index in [0.29, 0.717) is 0 Å². The molecule has 0 fully saturated rings. The molecule has 0 aliphatic rings. The Hall–Kier alpha value is -2.09. The molecule has 0 aromatic carbocycles. The van der Waals surface area contributed by atoms with Crippen molar-refractivity contribution in [1.29, 1.82) is 0 Å². The molecule has 0 spiro atoms. The molecule has 0 aliphatic heterocycles. The van der Waals surface area contributed by atoms with E-state index in [9.17, 15) is 0 Å². The number of nitrogens with zero attached hydrogens (tertiary/aromatic N) is 2. The largest absolute Gasteiger partial charge is 0.341 e. The first-order valence-corrected chi connectivity index (χ1v) is 7.63. The van der Waals surface area contributed by atoms with E-state index in [0.717, 1.165) is 22.8 Å². The van der Waals surface area contributed by atoms with Crippen LogP contribution in [0, 0.1) is 6.92 Å². The van der Waals surface area contributed by atoms with Crippen LogP contribution in [0.1, 0.15) is 40.2 Å². The molecule has 1 aromatic rings. The Morgan fingerprint density at radius 2 is 1.91 bits per heavy atom. The van der Waals surface area contributed by atoms with Crippen molar-refractivity contribution in [3.05, 3.63) is 57.9 Å². The smallest absolute Gasteiger partial charge is 0.0651 e. The summed E-state index contributed by atoms with van der Waals surface area (Å²) >= 11 is 0. The van der Waals surface area contributed by atoms with Gasteiger partial charge in [-0.05, 0) is 64.0 Å². The number of aliphatic imine (C=N–C) groups is 1. The normalized spacial score (nSPS) is 13.5. The second-order valence-electron chi connectivity index (χ2n) is 5.86. The minimum atomic E-state index is 0.724. The van der Waals surface area contributed by atoms with Crippen LogP contribution in [0.25, 0.3) is 12.7 Å². The highest BCUT2D eigenvalue weighted by atomic mass is 15.0. The summed E-state index contributed by atoms with van der Waals surface area (Å²) in [5.74, 6) is 0. The maximum atomic E-state index is 4.47. The van der Waals surface area contributed by atoms with Crippen molar-refractivity contribution in [3.63, 3.8) is 0 Å². The topological polar surface area (TPSA) is 17.3 Å². The van der Waals surface area contributed by atoms with Crippen molar-refractivity contribution >= 4 is 18.4 Å². The van der Waals surface area contributed by atoms with Gasteiger partial charge in [0.2, 0.25) is 0 Å². The Bertz CT molecular complexity index is 748. The van der Waals surface area contributed by atoms with Crippen molar-refractivity contribution in [3.8, 4) is 0 Å². The maximum Gasteiger partial charge on any atom is 0.0651 e. The molecule has 0 atom stereocenters. The van der Waals surface area contributed by atoms with Gasteiger partial charge in [-0.25, -0.2) is 0 Å². The maximum absolute atomic E-state index is 4.47. The fraction of sp³-hybridized carbons (Fsp3) is 0.350. The molecule has 0 saturated heterocycles. The van der Waals surface area contributed by atoms with Crippen molar-refractivity contribution in [2.75, 3.05) is 0 Å². The summed E-state index contributed by atoms with van der Waals surface area (Å²) in [5, 5.41) is 2.22. The molecule has 22 heavy (non-hydrogen) atoms. The average Bonchev–Trinajstić information content (AvgIpc) is 2.73. The molecular weight excluding hydrogens is 268 g/mol. The van der Waals surface area contributed by atoms with Crippen LogP contribution in [-0.4, -0.2) is 10.3 Å². The molecule has 0 bridgehead atoms. The van der Waals surface area contributed by atoms with Crippen molar-refractivity contribution in [2.24, 2.45) is 4.99 Å². The summed E-state index contributed by atoms with van der Waals surface area (Å²) in [4.78, 5) is 4.47. The van der Waals surface area contributed by atoms with Crippen LogP contribution in [0.3, 0.4) is 0 Å². The van der Waals surface area contributed by atoms with Gasteiger partial charge in [-0.15, -0.1) is 0 Å². The third kappa shape index (κ3) is 4.20. The zero-order chi connectivity index (χ0) is 16.9. The number of allylic oxidation sites excluding steroid dienone is 4. The molecule has 0 radical (unpaired) electrons. The first-order chi connectivity index (χ1) is 10.3. The Kier molecular flexibility index (Phi) is 6.36. The third-order valence-electron chi connectivity index (χ3n) is 4.01. The zero-order valence-corrected chi connectivity index (χ0v) is 14.8. The summed E-state index contributed by atoms with van der Waals surface area (Å²) in [6, 6.07) is 0. The number of hydrogen-bond donors (Lipinski definition) is 0. The fourth-order valence-corrected chi connectivity index (χ4v) is 2.17. The predicted molar refractivity (Wildman–Crippen MR) is 99.5 cm³/mol. The van der Waals surface area contributed by atoms with Gasteiger partial charge in [-0.2, -0.15) is 0 Å². The Morgan fingerprint density at radius 3 is 2.41 bits per heavy atom. The van der Waals surface area contributed by atoms with Crippen LogP contribution in [0.2, 0.25) is 0 Å². The van der Waals surface area contributed by atoms with Crippen LogP contribution >= 0.6 is 0 Å². The molecule has 0 N–H and O–H groups in total. The summed E-state index contributed by atoms with van der Waals surface area (Å²) in [5.41, 5.74) is 5.95. The molecule has 1 heterocycles. The lowest BCUT2D eigenvalue weighted by molar-refractivity contribution is 0.825. The SMILES string of the molecule is C=C/N=C(/Cn1cc(C)c(=C)/c1=C\C(C)=C/C)C(C)=C(C)C. The van der Waals surface area contributed by atoms with Gasteiger partial charge in [0.05, 0.1) is 12.3 Å². The molecular formula is C20H28N2. The van der Waals surface area contributed by atoms with Crippen LogP contribution in [-0.2, 0) is 6.54 Å². The number of aromatic nitrogens is 1. The van der Waals surface area contributed by atoms with E-state index in [1.807, 2.05) is 6.92 Å². The molecule has 0 saturated carbocycles. The molecule has 1 rings (SSSR count). The highest BCUT2D eigenvalue weighted by Crippen LogP contribution is 2.07. The third-order valence-corrected chi connectivity index (χ3v) is 4.01. The Morgan fingerprint density at radius 1 is 1.27 bits per heavy atom. The molecule has 0 amide bonds. The first kappa shape index (κ1) is 18.0. The van der Waals surface area contributed by atoms with E-state index >= 15 is 0 Å². The Labute approximate surface area is 134 Å². The van der Waals surface area contributed by atoms with Crippen LogP contribution in [0.5, 0.6) is 0 Å². The van der Waals surface area contributed by atoms with Gasteiger partial charge < -0.3 is 4.57 Å². The van der Waals surface area contributed by atoms with Crippen LogP contribution in [0.4, 0.5) is 0 Å². The van der Waals surface area contributed by atoms with Crippen LogP contribution in [0.15, 0.2) is 46.8 Å². The lowest BCUT2D eigenvalue weighted by atomic mass is 10.1. The van der Waals surface area contributed by atoms with E-state index < -0.39 is 0 Å². The van der Waals surface area contributed by atoms with E-state index in [4.69, 9.17) is 0 Å². The van der Waals surface area contributed by atoms with E-state index in [2.05, 4.69) is 75.7 Å². The monoisotopic (exact) mass is 296 g/mol. The number of aryl methyl sites for hydroxylation is 1. The van der Waals surface area contributed by atoms with Gasteiger partial charge in [0.1, 0.15) is 0 Å². The van der Waals surface area contributed by atoms with Gasteiger partial charge in [-0.3, -0.25) is 4.99 Å². The minimum absolute atomic E-state index is 0.724. The van der Waals surface area contributed by atoms with Crippen LogP contribution < -0.4 is 10.6 Å². The highest BCUT2D eigenvalue weighted by Gasteiger charge is 2.07. The van der Waals surface area contributed by atoms with Crippen molar-refractivity contribution < 1.29 is 0 Å². The molecule has 2 heteroatoms. The van der Waals surface area contributed by atoms with Gasteiger partial charge in [-0.1, -0.05) is 30.4 Å². The van der Waals surface area contributed by atoms with Gasteiger partial charge in [0.25, 0.3) is 0 Å². The predicted octanol–water partition coefficient (Wildman–Crippen LogP) is 3.89. The minimum Gasteiger partial charge on any atom is -0.341 e. The summed E-state index contributed by atoms with van der Waals surface area (Å²) in [6.07, 6.45) is 8.04. The van der Waals surface area contributed by atoms with Gasteiger partial charge in [0, 0.05) is 17.7 Å². The van der Waals surface area contributed by atoms with E-state index in [-0.39, 0.29) is 0 Å². The molecule has 0 unspecified atom stereocenters. The lowest BCUT2D eigenvalue weighted by Crippen LogP contribution is -2.31. The lowest BCUT2D eigenvalue weighted by Gasteiger charge is -2.10. The van der Waals surface area contributed by atoms with Gasteiger partial charge >= 0.3 is 0 Å².